The fourth-order valence-electron chi connectivity index (χ4n) is 3.86. The summed E-state index contributed by atoms with van der Waals surface area (Å²) in [6, 6.07) is 8.29. The average molecular weight is 287 g/mol. The van der Waals surface area contributed by atoms with Gasteiger partial charge in [0, 0.05) is 6.42 Å². The number of Topliss-reactive ketones (excluding diaryl/α,β-unsaturated/α-hetero) is 1. The van der Waals surface area contributed by atoms with E-state index in [0.717, 1.165) is 25.7 Å². The first-order chi connectivity index (χ1) is 10.1. The molecule has 2 aliphatic rings. The molecular formula is C18H25NO2. The van der Waals surface area contributed by atoms with E-state index in [1.54, 1.807) is 0 Å². The van der Waals surface area contributed by atoms with Crippen LogP contribution in [0.15, 0.2) is 24.3 Å². The van der Waals surface area contributed by atoms with Crippen molar-refractivity contribution in [2.24, 2.45) is 11.7 Å². The first-order valence-corrected chi connectivity index (χ1v) is 8.10. The maximum Gasteiger partial charge on any atom is 0.155 e. The van der Waals surface area contributed by atoms with Gasteiger partial charge in [0.1, 0.15) is 0 Å². The highest BCUT2D eigenvalue weighted by molar-refractivity contribution is 5.88. The zero-order valence-corrected chi connectivity index (χ0v) is 12.8. The first kappa shape index (κ1) is 14.7. The number of ketones is 1. The molecule has 3 atom stereocenters. The molecule has 3 rings (SSSR count). The summed E-state index contributed by atoms with van der Waals surface area (Å²) in [5.41, 5.74) is 8.27. The molecule has 1 aliphatic carbocycles. The van der Waals surface area contributed by atoms with Crippen LogP contribution in [0.25, 0.3) is 0 Å². The molecule has 0 spiro atoms. The van der Waals surface area contributed by atoms with Crippen LogP contribution in [-0.4, -0.2) is 17.9 Å². The Kier molecular flexibility index (Phi) is 4.14. The quantitative estimate of drug-likeness (QED) is 0.929. The van der Waals surface area contributed by atoms with E-state index >= 15 is 0 Å². The van der Waals surface area contributed by atoms with Gasteiger partial charge in [0.25, 0.3) is 0 Å². The van der Waals surface area contributed by atoms with E-state index in [9.17, 15) is 4.79 Å². The SMILES string of the molecule is CC1CCCC(N)(C(=O)CC2OCCc3ccccc32)C1. The summed E-state index contributed by atoms with van der Waals surface area (Å²) in [5, 5.41) is 0. The number of carbonyl (C=O) groups excluding carboxylic acids is 1. The molecule has 1 aliphatic heterocycles. The highest BCUT2D eigenvalue weighted by atomic mass is 16.5. The lowest BCUT2D eigenvalue weighted by Gasteiger charge is -2.37. The molecule has 0 saturated heterocycles. The molecule has 3 unspecified atom stereocenters. The van der Waals surface area contributed by atoms with Gasteiger partial charge in [0.2, 0.25) is 0 Å². The van der Waals surface area contributed by atoms with E-state index in [1.165, 1.54) is 17.5 Å². The average Bonchev–Trinajstić information content (AvgIpc) is 2.47. The van der Waals surface area contributed by atoms with Gasteiger partial charge in [0.05, 0.1) is 18.2 Å². The van der Waals surface area contributed by atoms with Gasteiger partial charge in [-0.1, -0.05) is 44.0 Å². The fraction of sp³-hybridized carbons (Fsp3) is 0.611. The van der Waals surface area contributed by atoms with Crippen LogP contribution in [-0.2, 0) is 16.0 Å². The molecule has 0 radical (unpaired) electrons. The molecule has 1 aromatic rings. The third-order valence-corrected chi connectivity index (χ3v) is 5.05. The number of ether oxygens (including phenoxy) is 1. The lowest BCUT2D eigenvalue weighted by Crippen LogP contribution is -2.51. The van der Waals surface area contributed by atoms with Crippen molar-refractivity contribution < 1.29 is 9.53 Å². The van der Waals surface area contributed by atoms with Gasteiger partial charge in [-0.2, -0.15) is 0 Å². The third-order valence-electron chi connectivity index (χ3n) is 5.05. The minimum atomic E-state index is -0.632. The summed E-state index contributed by atoms with van der Waals surface area (Å²) in [6.45, 7) is 2.89. The van der Waals surface area contributed by atoms with Crippen LogP contribution < -0.4 is 5.73 Å². The van der Waals surface area contributed by atoms with Crippen LogP contribution in [0.3, 0.4) is 0 Å². The number of hydrogen-bond acceptors (Lipinski definition) is 3. The number of hydrogen-bond donors (Lipinski definition) is 1. The molecular weight excluding hydrogens is 262 g/mol. The van der Waals surface area contributed by atoms with Crippen LogP contribution in [0, 0.1) is 5.92 Å². The summed E-state index contributed by atoms with van der Waals surface area (Å²) in [5.74, 6) is 0.725. The van der Waals surface area contributed by atoms with E-state index in [0.29, 0.717) is 18.9 Å². The van der Waals surface area contributed by atoms with Crippen molar-refractivity contribution in [1.82, 2.24) is 0 Å². The monoisotopic (exact) mass is 287 g/mol. The summed E-state index contributed by atoms with van der Waals surface area (Å²) in [6.07, 6.45) is 5.14. The van der Waals surface area contributed by atoms with E-state index in [2.05, 4.69) is 25.1 Å². The maximum atomic E-state index is 12.7. The molecule has 1 fully saturated rings. The van der Waals surface area contributed by atoms with E-state index in [4.69, 9.17) is 10.5 Å². The minimum Gasteiger partial charge on any atom is -0.373 e. The Labute approximate surface area is 126 Å². The predicted octanol–water partition coefficient (Wildman–Crippen LogP) is 3.17. The second-order valence-corrected chi connectivity index (χ2v) is 6.79. The van der Waals surface area contributed by atoms with E-state index in [1.807, 2.05) is 6.07 Å². The smallest absolute Gasteiger partial charge is 0.155 e. The van der Waals surface area contributed by atoms with Crippen molar-refractivity contribution in [2.75, 3.05) is 6.61 Å². The molecule has 114 valence electrons. The normalized spacial score (nSPS) is 32.5. The van der Waals surface area contributed by atoms with E-state index < -0.39 is 5.54 Å². The lowest BCUT2D eigenvalue weighted by atomic mass is 9.73. The second kappa shape index (κ2) is 5.90. The second-order valence-electron chi connectivity index (χ2n) is 6.79. The molecule has 21 heavy (non-hydrogen) atoms. The van der Waals surface area contributed by atoms with Crippen LogP contribution in [0.1, 0.15) is 56.3 Å². The Balaban J connectivity index is 1.74. The summed E-state index contributed by atoms with van der Waals surface area (Å²) in [4.78, 5) is 12.7. The van der Waals surface area contributed by atoms with Crippen molar-refractivity contribution in [1.29, 1.82) is 0 Å². The van der Waals surface area contributed by atoms with Gasteiger partial charge in [-0.05, 0) is 36.3 Å². The number of benzene rings is 1. The molecule has 0 bridgehead atoms. The Hall–Kier alpha value is -1.19. The highest BCUT2D eigenvalue weighted by Gasteiger charge is 2.39. The van der Waals surface area contributed by atoms with Gasteiger partial charge in [0.15, 0.2) is 5.78 Å². The van der Waals surface area contributed by atoms with Gasteiger partial charge in [-0.3, -0.25) is 4.79 Å². The number of carbonyl (C=O) groups is 1. The minimum absolute atomic E-state index is 0.111. The largest absolute Gasteiger partial charge is 0.373 e. The highest BCUT2D eigenvalue weighted by Crippen LogP contribution is 2.36. The van der Waals surface area contributed by atoms with Gasteiger partial charge < -0.3 is 10.5 Å². The zero-order chi connectivity index (χ0) is 14.9. The van der Waals surface area contributed by atoms with Gasteiger partial charge in [-0.15, -0.1) is 0 Å². The molecule has 1 saturated carbocycles. The van der Waals surface area contributed by atoms with E-state index in [-0.39, 0.29) is 11.9 Å². The van der Waals surface area contributed by atoms with Crippen molar-refractivity contribution in [3.63, 3.8) is 0 Å². The van der Waals surface area contributed by atoms with Crippen LogP contribution in [0.4, 0.5) is 0 Å². The number of fused-ring (bicyclic) bond motifs is 1. The lowest BCUT2D eigenvalue weighted by molar-refractivity contribution is -0.129. The number of rotatable bonds is 3. The van der Waals surface area contributed by atoms with Crippen LogP contribution >= 0.6 is 0 Å². The summed E-state index contributed by atoms with van der Waals surface area (Å²) < 4.78 is 5.86. The fourth-order valence-corrected chi connectivity index (χ4v) is 3.86. The van der Waals surface area contributed by atoms with Gasteiger partial charge in [-0.25, -0.2) is 0 Å². The van der Waals surface area contributed by atoms with Crippen LogP contribution in [0.5, 0.6) is 0 Å². The molecule has 0 aromatic heterocycles. The van der Waals surface area contributed by atoms with Crippen molar-refractivity contribution >= 4 is 5.78 Å². The Bertz CT molecular complexity index is 528. The summed E-state index contributed by atoms with van der Waals surface area (Å²) >= 11 is 0. The Morgan fingerprint density at radius 1 is 1.43 bits per heavy atom. The molecule has 1 aromatic carbocycles. The first-order valence-electron chi connectivity index (χ1n) is 8.10. The maximum absolute atomic E-state index is 12.7. The zero-order valence-electron chi connectivity index (χ0n) is 12.8. The molecule has 3 nitrogen and oxygen atoms in total. The molecule has 0 amide bonds. The standard InChI is InChI=1S/C18H25NO2/c1-13-5-4-9-18(19,12-13)17(20)11-16-15-7-3-2-6-14(15)8-10-21-16/h2-3,6-7,13,16H,4-5,8-12,19H2,1H3. The Morgan fingerprint density at radius 2 is 2.24 bits per heavy atom. The van der Waals surface area contributed by atoms with Crippen molar-refractivity contribution in [3.05, 3.63) is 35.4 Å². The van der Waals surface area contributed by atoms with Crippen LogP contribution in [0.2, 0.25) is 0 Å². The van der Waals surface area contributed by atoms with Gasteiger partial charge >= 0.3 is 0 Å². The van der Waals surface area contributed by atoms with Crippen molar-refractivity contribution in [3.8, 4) is 0 Å². The Morgan fingerprint density at radius 3 is 3.05 bits per heavy atom. The topological polar surface area (TPSA) is 52.3 Å². The number of nitrogens with two attached hydrogens (primary N) is 1. The molecule has 3 heteroatoms. The summed E-state index contributed by atoms with van der Waals surface area (Å²) in [7, 11) is 0. The van der Waals surface area contributed by atoms with Crippen molar-refractivity contribution in [2.45, 2.75) is 57.1 Å². The third kappa shape index (κ3) is 3.04. The molecule has 2 N–H and O–H groups in total. The predicted molar refractivity (Wildman–Crippen MR) is 83.0 cm³/mol. The molecule has 1 heterocycles.